The predicted molar refractivity (Wildman–Crippen MR) is 105 cm³/mol. The van der Waals surface area contributed by atoms with Crippen LogP contribution in [0.1, 0.15) is 39.8 Å². The fraction of sp³-hybridized carbons (Fsp3) is 0.286. The van der Waals surface area contributed by atoms with Crippen LogP contribution in [0.4, 0.5) is 0 Å². The Kier molecular flexibility index (Phi) is 4.18. The maximum Gasteiger partial charge on any atom is 0.353 e. The van der Waals surface area contributed by atoms with Gasteiger partial charge in [0, 0.05) is 28.3 Å². The number of fused-ring (bicyclic) bond motifs is 2. The first-order valence-corrected chi connectivity index (χ1v) is 10.3. The lowest BCUT2D eigenvalue weighted by Crippen LogP contribution is -2.53. The lowest BCUT2D eigenvalue weighted by Gasteiger charge is -2.39. The second-order valence-electron chi connectivity index (χ2n) is 7.53. The molecule has 3 aliphatic rings. The van der Waals surface area contributed by atoms with Crippen molar-refractivity contribution in [3.63, 3.8) is 0 Å². The van der Waals surface area contributed by atoms with E-state index < -0.39 is 24.0 Å². The zero-order valence-corrected chi connectivity index (χ0v) is 17.0. The predicted octanol–water partition coefficient (Wildman–Crippen LogP) is 2.62. The highest BCUT2D eigenvalue weighted by molar-refractivity contribution is 8.03. The summed E-state index contributed by atoms with van der Waals surface area (Å²) in [5.41, 5.74) is 2.62. The molecule has 1 fully saturated rings. The number of rotatable bonds is 4. The van der Waals surface area contributed by atoms with Gasteiger partial charge in [0.15, 0.2) is 5.16 Å². The molecule has 5 rings (SSSR count). The standard InChI is InChI=1S/C21H17N3O5S/c1-9-7-10(2)23-21(22-9)30-18-15(13-8-14(25)24(13)16(18)19(26)27)17-11-5-3-4-6-12(11)20(28)29-17/h3-7,13,15,17H,8H2,1-2H3,(H,26,27). The van der Waals surface area contributed by atoms with E-state index in [1.165, 1.54) is 4.90 Å². The Morgan fingerprint density at radius 3 is 2.57 bits per heavy atom. The van der Waals surface area contributed by atoms with E-state index in [1.807, 2.05) is 32.0 Å². The van der Waals surface area contributed by atoms with Crippen LogP contribution in [-0.2, 0) is 14.3 Å². The third-order valence-corrected chi connectivity index (χ3v) is 6.64. The number of ether oxygens (including phenoxy) is 1. The van der Waals surface area contributed by atoms with Gasteiger partial charge in [0.2, 0.25) is 5.91 Å². The first-order valence-electron chi connectivity index (χ1n) is 9.44. The lowest BCUT2D eigenvalue weighted by molar-refractivity contribution is -0.149. The molecule has 0 saturated carbocycles. The molecule has 8 nitrogen and oxygen atoms in total. The summed E-state index contributed by atoms with van der Waals surface area (Å²) < 4.78 is 5.69. The van der Waals surface area contributed by atoms with E-state index in [9.17, 15) is 19.5 Å². The SMILES string of the molecule is Cc1cc(C)nc(SC2=C(C(=O)O)N3C(=O)CC3C2C2OC(=O)c3ccccc32)n1. The van der Waals surface area contributed by atoms with Crippen molar-refractivity contribution < 1.29 is 24.2 Å². The highest BCUT2D eigenvalue weighted by atomic mass is 32.2. The molecular formula is C21H17N3O5S. The van der Waals surface area contributed by atoms with Crippen molar-refractivity contribution in [2.75, 3.05) is 0 Å². The van der Waals surface area contributed by atoms with Gasteiger partial charge in [-0.25, -0.2) is 19.6 Å². The number of aliphatic carboxylic acids is 1. The van der Waals surface area contributed by atoms with Crippen molar-refractivity contribution in [1.29, 1.82) is 0 Å². The van der Waals surface area contributed by atoms with Gasteiger partial charge in [0.05, 0.1) is 17.5 Å². The fourth-order valence-electron chi connectivity index (χ4n) is 4.41. The number of carbonyl (C=O) groups is 3. The Balaban J connectivity index is 1.63. The number of carboxylic acids is 1. The van der Waals surface area contributed by atoms with Gasteiger partial charge >= 0.3 is 11.9 Å². The van der Waals surface area contributed by atoms with Gasteiger partial charge in [-0.15, -0.1) is 0 Å². The van der Waals surface area contributed by atoms with E-state index in [4.69, 9.17) is 4.74 Å². The van der Waals surface area contributed by atoms with Gasteiger partial charge in [-0.05, 0) is 26.0 Å². The molecule has 0 bridgehead atoms. The number of nitrogens with zero attached hydrogens (tertiary/aromatic N) is 3. The lowest BCUT2D eigenvalue weighted by atomic mass is 9.85. The molecule has 1 saturated heterocycles. The molecule has 3 aliphatic heterocycles. The second kappa shape index (κ2) is 6.66. The van der Waals surface area contributed by atoms with Gasteiger partial charge < -0.3 is 14.7 Å². The highest BCUT2D eigenvalue weighted by Crippen LogP contribution is 2.55. The average molecular weight is 423 g/mol. The van der Waals surface area contributed by atoms with Crippen molar-refractivity contribution in [3.8, 4) is 0 Å². The molecule has 1 aromatic carbocycles. The third-order valence-electron chi connectivity index (χ3n) is 5.59. The second-order valence-corrected chi connectivity index (χ2v) is 8.54. The Bertz CT molecular complexity index is 1140. The minimum atomic E-state index is -1.19. The highest BCUT2D eigenvalue weighted by Gasteiger charge is 2.58. The molecule has 1 aromatic heterocycles. The van der Waals surface area contributed by atoms with Crippen LogP contribution in [0.2, 0.25) is 0 Å². The minimum Gasteiger partial charge on any atom is -0.477 e. The molecule has 1 amide bonds. The number of thioether (sulfide) groups is 1. The number of β-lactam (4-membered cyclic amide) rings is 1. The summed E-state index contributed by atoms with van der Waals surface area (Å²) in [5, 5.41) is 10.3. The molecule has 1 N–H and O–H groups in total. The third kappa shape index (κ3) is 2.72. The molecule has 4 heterocycles. The quantitative estimate of drug-likeness (QED) is 0.454. The van der Waals surface area contributed by atoms with Crippen LogP contribution in [0.15, 0.2) is 46.1 Å². The van der Waals surface area contributed by atoms with Crippen LogP contribution in [-0.4, -0.2) is 43.9 Å². The molecule has 0 aliphatic carbocycles. The van der Waals surface area contributed by atoms with E-state index in [2.05, 4.69) is 9.97 Å². The first kappa shape index (κ1) is 18.8. The average Bonchev–Trinajstić information content (AvgIpc) is 3.13. The summed E-state index contributed by atoms with van der Waals surface area (Å²) in [6, 6.07) is 8.53. The molecule has 0 spiro atoms. The van der Waals surface area contributed by atoms with Crippen molar-refractivity contribution in [2.45, 2.75) is 37.6 Å². The largest absolute Gasteiger partial charge is 0.477 e. The summed E-state index contributed by atoms with van der Waals surface area (Å²) in [6.07, 6.45) is -0.463. The monoisotopic (exact) mass is 423 g/mol. The first-order chi connectivity index (χ1) is 14.3. The summed E-state index contributed by atoms with van der Waals surface area (Å²) in [4.78, 5) is 47.4. The number of aromatic nitrogens is 2. The van der Waals surface area contributed by atoms with Gasteiger partial charge in [-0.1, -0.05) is 30.0 Å². The van der Waals surface area contributed by atoms with Crippen molar-refractivity contribution in [3.05, 3.63) is 63.4 Å². The van der Waals surface area contributed by atoms with Crippen molar-refractivity contribution >= 4 is 29.6 Å². The maximum atomic E-state index is 12.4. The van der Waals surface area contributed by atoms with Gasteiger partial charge in [0.25, 0.3) is 0 Å². The van der Waals surface area contributed by atoms with E-state index in [-0.39, 0.29) is 24.1 Å². The molecule has 3 atom stereocenters. The number of hydrogen-bond donors (Lipinski definition) is 1. The number of aryl methyl sites for hydroxylation is 2. The van der Waals surface area contributed by atoms with Gasteiger partial charge in [-0.3, -0.25) is 4.79 Å². The molecule has 3 unspecified atom stereocenters. The van der Waals surface area contributed by atoms with Crippen LogP contribution in [0.3, 0.4) is 0 Å². The molecule has 30 heavy (non-hydrogen) atoms. The number of carbonyl (C=O) groups excluding carboxylic acids is 2. The Labute approximate surface area is 176 Å². The molecule has 0 radical (unpaired) electrons. The molecular weight excluding hydrogens is 406 g/mol. The number of esters is 1. The summed E-state index contributed by atoms with van der Waals surface area (Å²) in [7, 11) is 0. The number of cyclic esters (lactones) is 1. The van der Waals surface area contributed by atoms with E-state index >= 15 is 0 Å². The van der Waals surface area contributed by atoms with E-state index in [1.54, 1.807) is 12.1 Å². The Morgan fingerprint density at radius 1 is 1.20 bits per heavy atom. The topological polar surface area (TPSA) is 110 Å². The zero-order chi connectivity index (χ0) is 21.2. The summed E-state index contributed by atoms with van der Waals surface area (Å²) in [5.74, 6) is -2.38. The van der Waals surface area contributed by atoms with Crippen LogP contribution < -0.4 is 0 Å². The summed E-state index contributed by atoms with van der Waals surface area (Å²) in [6.45, 7) is 3.67. The van der Waals surface area contributed by atoms with E-state index in [0.717, 1.165) is 23.1 Å². The van der Waals surface area contributed by atoms with Crippen LogP contribution in [0.25, 0.3) is 0 Å². The fourth-order valence-corrected chi connectivity index (χ4v) is 5.69. The van der Waals surface area contributed by atoms with E-state index in [0.29, 0.717) is 21.2 Å². The maximum absolute atomic E-state index is 12.4. The van der Waals surface area contributed by atoms with Crippen LogP contribution >= 0.6 is 11.8 Å². The van der Waals surface area contributed by atoms with Gasteiger partial charge in [-0.2, -0.15) is 0 Å². The normalized spacial score (nSPS) is 24.5. The van der Waals surface area contributed by atoms with Crippen molar-refractivity contribution in [2.24, 2.45) is 5.92 Å². The number of hydrogen-bond acceptors (Lipinski definition) is 7. The Morgan fingerprint density at radius 2 is 1.90 bits per heavy atom. The molecule has 9 heteroatoms. The number of benzene rings is 1. The zero-order valence-electron chi connectivity index (χ0n) is 16.2. The smallest absolute Gasteiger partial charge is 0.353 e. The van der Waals surface area contributed by atoms with Crippen LogP contribution in [0, 0.1) is 19.8 Å². The summed E-state index contributed by atoms with van der Waals surface area (Å²) >= 11 is 1.13. The van der Waals surface area contributed by atoms with Crippen molar-refractivity contribution in [1.82, 2.24) is 14.9 Å². The number of amides is 1. The minimum absolute atomic E-state index is 0.0746. The molecule has 2 aromatic rings. The molecule has 152 valence electrons. The Hall–Kier alpha value is -3.20. The van der Waals surface area contributed by atoms with Gasteiger partial charge in [0.1, 0.15) is 11.8 Å². The number of carboxylic acid groups (broad SMARTS) is 1. The van der Waals surface area contributed by atoms with Crippen LogP contribution in [0.5, 0.6) is 0 Å².